The van der Waals surface area contributed by atoms with E-state index in [1.165, 1.54) is 0 Å². The standard InChI is InChI=1S/C16H17N7O/c1-10-18-7-8-23(10)15-13(3-2-5-19-15)20-16(24)14-11-9-17-6-4-12(11)21-22-14/h2-3,5,7-8,17H,4,6,9H2,1H3,(H,20,24)(H,21,22). The highest BCUT2D eigenvalue weighted by atomic mass is 16.2. The van der Waals surface area contributed by atoms with Crippen LogP contribution in [0, 0.1) is 6.92 Å². The van der Waals surface area contributed by atoms with Crippen LogP contribution < -0.4 is 10.6 Å². The number of rotatable bonds is 3. The van der Waals surface area contributed by atoms with Gasteiger partial charge in [-0.25, -0.2) is 9.97 Å². The number of aryl methyl sites for hydroxylation is 1. The minimum Gasteiger partial charge on any atom is -0.317 e. The van der Waals surface area contributed by atoms with Crippen molar-refractivity contribution in [2.24, 2.45) is 0 Å². The van der Waals surface area contributed by atoms with Crippen molar-refractivity contribution in [1.29, 1.82) is 0 Å². The number of carbonyl (C=O) groups excluding carboxylic acids is 1. The second kappa shape index (κ2) is 5.89. The van der Waals surface area contributed by atoms with Gasteiger partial charge in [0.1, 0.15) is 5.82 Å². The van der Waals surface area contributed by atoms with E-state index in [0.717, 1.165) is 30.0 Å². The van der Waals surface area contributed by atoms with Crippen LogP contribution in [0.15, 0.2) is 30.7 Å². The molecule has 8 heteroatoms. The first-order valence-electron chi connectivity index (χ1n) is 7.77. The summed E-state index contributed by atoms with van der Waals surface area (Å²) in [7, 11) is 0. The van der Waals surface area contributed by atoms with Gasteiger partial charge in [-0.05, 0) is 19.1 Å². The maximum absolute atomic E-state index is 12.7. The summed E-state index contributed by atoms with van der Waals surface area (Å²) < 4.78 is 1.83. The molecule has 0 spiro atoms. The number of anilines is 1. The Bertz CT molecular complexity index is 895. The summed E-state index contributed by atoms with van der Waals surface area (Å²) in [5.74, 6) is 1.18. The number of hydrogen-bond acceptors (Lipinski definition) is 5. The molecule has 0 bridgehead atoms. The van der Waals surface area contributed by atoms with Gasteiger partial charge < -0.3 is 10.6 Å². The van der Waals surface area contributed by atoms with Crippen molar-refractivity contribution in [2.45, 2.75) is 19.9 Å². The van der Waals surface area contributed by atoms with E-state index in [9.17, 15) is 4.79 Å². The molecule has 0 aliphatic carbocycles. The fraction of sp³-hybridized carbons (Fsp3) is 0.250. The Morgan fingerprint density at radius 2 is 2.25 bits per heavy atom. The summed E-state index contributed by atoms with van der Waals surface area (Å²) in [4.78, 5) is 21.3. The smallest absolute Gasteiger partial charge is 0.276 e. The lowest BCUT2D eigenvalue weighted by Crippen LogP contribution is -2.25. The molecular weight excluding hydrogens is 306 g/mol. The molecule has 0 unspecified atom stereocenters. The Morgan fingerprint density at radius 3 is 3.08 bits per heavy atom. The predicted molar refractivity (Wildman–Crippen MR) is 88.0 cm³/mol. The summed E-state index contributed by atoms with van der Waals surface area (Å²) >= 11 is 0. The van der Waals surface area contributed by atoms with Crippen LogP contribution >= 0.6 is 0 Å². The van der Waals surface area contributed by atoms with Gasteiger partial charge in [-0.1, -0.05) is 0 Å². The Morgan fingerprint density at radius 1 is 1.33 bits per heavy atom. The van der Waals surface area contributed by atoms with E-state index in [2.05, 4.69) is 30.8 Å². The van der Waals surface area contributed by atoms with Gasteiger partial charge in [0, 0.05) is 49.4 Å². The molecule has 3 aromatic rings. The number of carbonyl (C=O) groups is 1. The number of fused-ring (bicyclic) bond motifs is 1. The third kappa shape index (κ3) is 2.46. The highest BCUT2D eigenvalue weighted by Gasteiger charge is 2.22. The number of nitrogens with zero attached hydrogens (tertiary/aromatic N) is 4. The normalized spacial score (nSPS) is 13.5. The number of amides is 1. The molecule has 0 saturated heterocycles. The second-order valence-electron chi connectivity index (χ2n) is 5.63. The van der Waals surface area contributed by atoms with Crippen LogP contribution in [0.5, 0.6) is 0 Å². The lowest BCUT2D eigenvalue weighted by molar-refractivity contribution is 0.102. The fourth-order valence-electron chi connectivity index (χ4n) is 2.88. The highest BCUT2D eigenvalue weighted by Crippen LogP contribution is 2.21. The number of aromatic nitrogens is 5. The third-order valence-corrected chi connectivity index (χ3v) is 4.11. The number of pyridine rings is 1. The van der Waals surface area contributed by atoms with Gasteiger partial charge >= 0.3 is 0 Å². The fourth-order valence-corrected chi connectivity index (χ4v) is 2.88. The molecule has 1 amide bonds. The number of imidazole rings is 1. The summed E-state index contributed by atoms with van der Waals surface area (Å²) in [6.45, 7) is 3.42. The topological polar surface area (TPSA) is 101 Å². The Balaban J connectivity index is 1.66. The molecule has 3 aromatic heterocycles. The quantitative estimate of drug-likeness (QED) is 0.672. The number of nitrogens with one attached hydrogen (secondary N) is 3. The molecule has 3 N–H and O–H groups in total. The van der Waals surface area contributed by atoms with Gasteiger partial charge in [0.15, 0.2) is 11.5 Å². The second-order valence-corrected chi connectivity index (χ2v) is 5.63. The van der Waals surface area contributed by atoms with Crippen molar-refractivity contribution in [3.63, 3.8) is 0 Å². The lowest BCUT2D eigenvalue weighted by atomic mass is 10.1. The van der Waals surface area contributed by atoms with E-state index in [-0.39, 0.29) is 5.91 Å². The average molecular weight is 323 g/mol. The first-order chi connectivity index (χ1) is 11.7. The first-order valence-corrected chi connectivity index (χ1v) is 7.77. The van der Waals surface area contributed by atoms with Crippen LogP contribution in [0.3, 0.4) is 0 Å². The van der Waals surface area contributed by atoms with Crippen LogP contribution in [-0.2, 0) is 13.0 Å². The number of H-pyrrole nitrogens is 1. The van der Waals surface area contributed by atoms with Gasteiger partial charge in [-0.15, -0.1) is 0 Å². The molecule has 24 heavy (non-hydrogen) atoms. The van der Waals surface area contributed by atoms with Crippen molar-refractivity contribution in [1.82, 2.24) is 30.0 Å². The van der Waals surface area contributed by atoms with Crippen molar-refractivity contribution in [3.8, 4) is 5.82 Å². The van der Waals surface area contributed by atoms with Crippen LogP contribution in [0.2, 0.25) is 0 Å². The van der Waals surface area contributed by atoms with Gasteiger partial charge in [0.2, 0.25) is 0 Å². The Labute approximate surface area is 138 Å². The molecule has 8 nitrogen and oxygen atoms in total. The number of hydrogen-bond donors (Lipinski definition) is 3. The van der Waals surface area contributed by atoms with E-state index in [0.29, 0.717) is 23.7 Å². The molecule has 0 saturated carbocycles. The van der Waals surface area contributed by atoms with Gasteiger partial charge in [-0.2, -0.15) is 5.10 Å². The summed E-state index contributed by atoms with van der Waals surface area (Å²) in [6.07, 6.45) is 6.05. The van der Waals surface area contributed by atoms with Gasteiger partial charge in [0.05, 0.1) is 5.69 Å². The first kappa shape index (κ1) is 14.6. The molecule has 0 aromatic carbocycles. The minimum absolute atomic E-state index is 0.247. The molecule has 0 radical (unpaired) electrons. The minimum atomic E-state index is -0.247. The van der Waals surface area contributed by atoms with Crippen molar-refractivity contribution in [2.75, 3.05) is 11.9 Å². The molecule has 4 rings (SSSR count). The zero-order valence-corrected chi connectivity index (χ0v) is 13.2. The largest absolute Gasteiger partial charge is 0.317 e. The van der Waals surface area contributed by atoms with Crippen LogP contribution in [0.1, 0.15) is 27.6 Å². The number of aromatic amines is 1. The third-order valence-electron chi connectivity index (χ3n) is 4.11. The maximum Gasteiger partial charge on any atom is 0.276 e. The zero-order valence-electron chi connectivity index (χ0n) is 13.2. The SMILES string of the molecule is Cc1nccn1-c1ncccc1NC(=O)c1n[nH]c2c1CNCC2. The van der Waals surface area contributed by atoms with E-state index >= 15 is 0 Å². The predicted octanol–water partition coefficient (Wildman–Crippen LogP) is 1.20. The molecule has 0 atom stereocenters. The van der Waals surface area contributed by atoms with Gasteiger partial charge in [-0.3, -0.25) is 14.5 Å². The molecule has 122 valence electrons. The van der Waals surface area contributed by atoms with Crippen LogP contribution in [0.25, 0.3) is 5.82 Å². The lowest BCUT2D eigenvalue weighted by Gasteiger charge is -2.14. The monoisotopic (exact) mass is 323 g/mol. The zero-order chi connectivity index (χ0) is 16.5. The van der Waals surface area contributed by atoms with E-state index in [4.69, 9.17) is 0 Å². The van der Waals surface area contributed by atoms with Crippen molar-refractivity contribution in [3.05, 3.63) is 53.5 Å². The molecule has 4 heterocycles. The Hall–Kier alpha value is -3.00. The Kier molecular flexibility index (Phi) is 3.58. The average Bonchev–Trinajstić information content (AvgIpc) is 3.21. The highest BCUT2D eigenvalue weighted by molar-refractivity contribution is 6.04. The summed E-state index contributed by atoms with van der Waals surface area (Å²) in [6, 6.07) is 3.60. The van der Waals surface area contributed by atoms with Crippen molar-refractivity contribution < 1.29 is 4.79 Å². The van der Waals surface area contributed by atoms with E-state index < -0.39 is 0 Å². The van der Waals surface area contributed by atoms with E-state index in [1.54, 1.807) is 18.5 Å². The van der Waals surface area contributed by atoms with E-state index in [1.807, 2.05) is 23.8 Å². The summed E-state index contributed by atoms with van der Waals surface area (Å²) in [5.41, 5.74) is 3.00. The van der Waals surface area contributed by atoms with Gasteiger partial charge in [0.25, 0.3) is 5.91 Å². The van der Waals surface area contributed by atoms with Crippen LogP contribution in [0.4, 0.5) is 5.69 Å². The van der Waals surface area contributed by atoms with Crippen molar-refractivity contribution >= 4 is 11.6 Å². The summed E-state index contributed by atoms with van der Waals surface area (Å²) in [5, 5.41) is 13.3. The molecule has 1 aliphatic heterocycles. The van der Waals surface area contributed by atoms with Crippen LogP contribution in [-0.4, -0.2) is 37.2 Å². The molecule has 0 fully saturated rings. The molecule has 1 aliphatic rings. The molecular formula is C16H17N7O. The maximum atomic E-state index is 12.7.